The largest absolute Gasteiger partial charge is 0.495 e. The lowest BCUT2D eigenvalue weighted by Gasteiger charge is -2.15. The summed E-state index contributed by atoms with van der Waals surface area (Å²) < 4.78 is 12.1. The molecular weight excluding hydrogens is 306 g/mol. The van der Waals surface area contributed by atoms with Gasteiger partial charge in [-0.15, -0.1) is 0 Å². The molecule has 1 N–H and O–H groups in total. The van der Waals surface area contributed by atoms with Crippen molar-refractivity contribution < 1.29 is 14.3 Å². The number of hydrogen-bond acceptors (Lipinski definition) is 4. The number of amides is 1. The number of carbonyl (C=O) groups is 1. The van der Waals surface area contributed by atoms with Gasteiger partial charge in [-0.2, -0.15) is 5.10 Å². The first-order chi connectivity index (χ1) is 10.5. The van der Waals surface area contributed by atoms with Gasteiger partial charge in [0.15, 0.2) is 0 Å². The number of carbonyl (C=O) groups excluding carboxylic acids is 1. The molecule has 0 saturated carbocycles. The maximum atomic E-state index is 12.2. The number of nitrogens with one attached hydrogen (secondary N) is 1. The molecule has 0 bridgehead atoms. The Kier molecular flexibility index (Phi) is 5.27. The Hall–Kier alpha value is -2.21. The second kappa shape index (κ2) is 7.17. The van der Waals surface area contributed by atoms with Crippen molar-refractivity contribution in [2.45, 2.75) is 19.4 Å². The summed E-state index contributed by atoms with van der Waals surface area (Å²) in [6.45, 7) is 1.92. The lowest BCUT2D eigenvalue weighted by Crippen LogP contribution is -2.18. The first kappa shape index (κ1) is 16.2. The van der Waals surface area contributed by atoms with Crippen LogP contribution in [0.1, 0.15) is 19.4 Å². The molecule has 0 aliphatic rings. The molecule has 0 spiro atoms. The lowest BCUT2D eigenvalue weighted by molar-refractivity contribution is -0.116. The molecule has 0 aliphatic heterocycles. The first-order valence-corrected chi connectivity index (χ1v) is 7.13. The van der Waals surface area contributed by atoms with Crippen LogP contribution in [0.4, 0.5) is 5.69 Å². The van der Waals surface area contributed by atoms with E-state index in [9.17, 15) is 4.79 Å². The average Bonchev–Trinajstić information content (AvgIpc) is 3.01. The number of benzene rings is 1. The van der Waals surface area contributed by atoms with Crippen LogP contribution in [0.15, 0.2) is 30.6 Å². The van der Waals surface area contributed by atoms with Gasteiger partial charge in [-0.05, 0) is 19.1 Å². The Bertz CT molecular complexity index is 644. The summed E-state index contributed by atoms with van der Waals surface area (Å²) in [6, 6.07) is 5.01. The van der Waals surface area contributed by atoms with Crippen LogP contribution in [0, 0.1) is 0 Å². The fourth-order valence-electron chi connectivity index (χ4n) is 2.06. The zero-order valence-electron chi connectivity index (χ0n) is 12.7. The fourth-order valence-corrected chi connectivity index (χ4v) is 2.30. The molecule has 7 heteroatoms. The van der Waals surface area contributed by atoms with Crippen molar-refractivity contribution in [3.8, 4) is 11.5 Å². The van der Waals surface area contributed by atoms with Crippen LogP contribution in [-0.4, -0.2) is 29.9 Å². The van der Waals surface area contributed by atoms with Crippen LogP contribution >= 0.6 is 11.6 Å². The zero-order chi connectivity index (χ0) is 16.1. The van der Waals surface area contributed by atoms with Crippen molar-refractivity contribution in [1.82, 2.24) is 9.78 Å². The number of nitrogens with zero attached hydrogens (tertiary/aromatic N) is 2. The molecule has 1 amide bonds. The smallest absolute Gasteiger partial charge is 0.226 e. The van der Waals surface area contributed by atoms with Gasteiger partial charge in [-0.3, -0.25) is 9.48 Å². The predicted octanol–water partition coefficient (Wildman–Crippen LogP) is 3.14. The highest BCUT2D eigenvalue weighted by molar-refractivity contribution is 6.32. The molecular formula is C15H18ClN3O3. The standard InChI is InChI=1S/C15H18ClN3O3/c1-10(19-6-4-5-17-19)7-15(20)18-12-8-11(16)13(21-2)9-14(12)22-3/h4-6,8-10H,7H2,1-3H3,(H,18,20)/t10-/m0/s1. The Balaban J connectivity index is 2.09. The molecule has 0 unspecified atom stereocenters. The van der Waals surface area contributed by atoms with Crippen LogP contribution in [0.5, 0.6) is 11.5 Å². The second-order valence-electron chi connectivity index (χ2n) is 4.77. The van der Waals surface area contributed by atoms with Gasteiger partial charge in [0, 0.05) is 24.9 Å². The molecule has 118 valence electrons. The van der Waals surface area contributed by atoms with Crippen molar-refractivity contribution in [2.24, 2.45) is 0 Å². The molecule has 2 aromatic rings. The molecule has 0 aliphatic carbocycles. The minimum Gasteiger partial charge on any atom is -0.495 e. The van der Waals surface area contributed by atoms with E-state index in [0.29, 0.717) is 22.2 Å². The van der Waals surface area contributed by atoms with E-state index in [1.54, 1.807) is 23.0 Å². The zero-order valence-corrected chi connectivity index (χ0v) is 13.4. The monoisotopic (exact) mass is 323 g/mol. The summed E-state index contributed by atoms with van der Waals surface area (Å²) in [5.41, 5.74) is 0.506. The minimum atomic E-state index is -0.150. The van der Waals surface area contributed by atoms with E-state index in [-0.39, 0.29) is 18.4 Å². The molecule has 1 atom stereocenters. The summed E-state index contributed by atoms with van der Waals surface area (Å²) in [7, 11) is 3.04. The molecule has 0 fully saturated rings. The molecule has 1 aromatic heterocycles. The van der Waals surface area contributed by atoms with Crippen LogP contribution < -0.4 is 14.8 Å². The Labute approximate surface area is 134 Å². The van der Waals surface area contributed by atoms with E-state index in [1.807, 2.05) is 19.2 Å². The van der Waals surface area contributed by atoms with Crippen LogP contribution in [-0.2, 0) is 4.79 Å². The third-order valence-electron chi connectivity index (χ3n) is 3.21. The number of halogens is 1. The summed E-state index contributed by atoms with van der Waals surface area (Å²) in [5, 5.41) is 7.32. The van der Waals surface area contributed by atoms with E-state index in [4.69, 9.17) is 21.1 Å². The number of methoxy groups -OCH3 is 2. The maximum Gasteiger partial charge on any atom is 0.226 e. The minimum absolute atomic E-state index is 0.0466. The number of ether oxygens (including phenoxy) is 2. The predicted molar refractivity (Wildman–Crippen MR) is 84.7 cm³/mol. The number of anilines is 1. The maximum absolute atomic E-state index is 12.2. The molecule has 1 heterocycles. The number of rotatable bonds is 6. The van der Waals surface area contributed by atoms with E-state index in [2.05, 4.69) is 10.4 Å². The van der Waals surface area contributed by atoms with E-state index >= 15 is 0 Å². The van der Waals surface area contributed by atoms with Gasteiger partial charge in [0.1, 0.15) is 11.5 Å². The Morgan fingerprint density at radius 1 is 1.36 bits per heavy atom. The highest BCUT2D eigenvalue weighted by Gasteiger charge is 2.15. The fraction of sp³-hybridized carbons (Fsp3) is 0.333. The lowest BCUT2D eigenvalue weighted by atomic mass is 10.2. The van der Waals surface area contributed by atoms with Gasteiger partial charge < -0.3 is 14.8 Å². The summed E-state index contributed by atoms with van der Waals surface area (Å²) >= 11 is 6.08. The number of hydrogen-bond donors (Lipinski definition) is 1. The Morgan fingerprint density at radius 3 is 2.68 bits per heavy atom. The van der Waals surface area contributed by atoms with Gasteiger partial charge in [0.25, 0.3) is 0 Å². The quantitative estimate of drug-likeness (QED) is 0.887. The van der Waals surface area contributed by atoms with Gasteiger partial charge in [-0.1, -0.05) is 11.6 Å². The average molecular weight is 324 g/mol. The van der Waals surface area contributed by atoms with Crippen molar-refractivity contribution in [3.63, 3.8) is 0 Å². The summed E-state index contributed by atoms with van der Waals surface area (Å²) in [6.07, 6.45) is 3.79. The van der Waals surface area contributed by atoms with Gasteiger partial charge in [0.05, 0.1) is 31.0 Å². The van der Waals surface area contributed by atoms with Crippen molar-refractivity contribution in [3.05, 3.63) is 35.6 Å². The van der Waals surface area contributed by atoms with Crippen LogP contribution in [0.25, 0.3) is 0 Å². The van der Waals surface area contributed by atoms with Crippen molar-refractivity contribution in [2.75, 3.05) is 19.5 Å². The molecule has 0 radical (unpaired) electrons. The molecule has 6 nitrogen and oxygen atoms in total. The SMILES string of the molecule is COc1cc(OC)c(NC(=O)C[C@H](C)n2cccn2)cc1Cl. The van der Waals surface area contributed by atoms with Crippen LogP contribution in [0.3, 0.4) is 0 Å². The van der Waals surface area contributed by atoms with Crippen molar-refractivity contribution >= 4 is 23.2 Å². The highest BCUT2D eigenvalue weighted by atomic mass is 35.5. The van der Waals surface area contributed by atoms with E-state index < -0.39 is 0 Å². The molecule has 22 heavy (non-hydrogen) atoms. The summed E-state index contributed by atoms with van der Waals surface area (Å²) in [4.78, 5) is 12.2. The molecule has 2 rings (SSSR count). The second-order valence-corrected chi connectivity index (χ2v) is 5.18. The van der Waals surface area contributed by atoms with Gasteiger partial charge >= 0.3 is 0 Å². The third kappa shape index (κ3) is 3.71. The normalized spacial score (nSPS) is 11.8. The van der Waals surface area contributed by atoms with E-state index in [1.165, 1.54) is 14.2 Å². The molecule has 0 saturated heterocycles. The van der Waals surface area contributed by atoms with Gasteiger partial charge in [-0.25, -0.2) is 0 Å². The Morgan fingerprint density at radius 2 is 2.09 bits per heavy atom. The van der Waals surface area contributed by atoms with E-state index in [0.717, 1.165) is 0 Å². The summed E-state index contributed by atoms with van der Waals surface area (Å²) in [5.74, 6) is 0.824. The van der Waals surface area contributed by atoms with Crippen LogP contribution in [0.2, 0.25) is 5.02 Å². The highest BCUT2D eigenvalue weighted by Crippen LogP contribution is 2.36. The number of aromatic nitrogens is 2. The van der Waals surface area contributed by atoms with Gasteiger partial charge in [0.2, 0.25) is 5.91 Å². The molecule has 1 aromatic carbocycles. The first-order valence-electron chi connectivity index (χ1n) is 6.75. The topological polar surface area (TPSA) is 65.4 Å². The third-order valence-corrected chi connectivity index (χ3v) is 3.50. The van der Waals surface area contributed by atoms with Crippen molar-refractivity contribution in [1.29, 1.82) is 0 Å².